The molecular formula is C9H18N2O3. The smallest absolute Gasteiger partial charge is 0.325 e. The molecule has 0 aromatic heterocycles. The minimum atomic E-state index is -1.04. The molecule has 0 aromatic carbocycles. The van der Waals surface area contributed by atoms with E-state index in [1.165, 1.54) is 6.92 Å². The number of carbonyl (C=O) groups is 2. The van der Waals surface area contributed by atoms with Gasteiger partial charge in [0.05, 0.1) is 0 Å². The van der Waals surface area contributed by atoms with Crippen LogP contribution in [-0.2, 0) is 9.59 Å². The molecule has 0 aliphatic carbocycles. The summed E-state index contributed by atoms with van der Waals surface area (Å²) < 4.78 is 0. The van der Waals surface area contributed by atoms with Crippen LogP contribution in [0, 0.1) is 5.92 Å². The van der Waals surface area contributed by atoms with E-state index in [-0.39, 0.29) is 24.3 Å². The van der Waals surface area contributed by atoms with Crippen molar-refractivity contribution in [1.29, 1.82) is 0 Å². The first-order valence-electron chi connectivity index (χ1n) is 4.62. The number of aliphatic carboxylic acids is 1. The second-order valence-electron chi connectivity index (χ2n) is 3.74. The van der Waals surface area contributed by atoms with Crippen molar-refractivity contribution in [2.75, 3.05) is 0 Å². The highest BCUT2D eigenvalue weighted by Gasteiger charge is 2.17. The number of carboxylic acids is 1. The zero-order valence-corrected chi connectivity index (χ0v) is 8.78. The highest BCUT2D eigenvalue weighted by Crippen LogP contribution is 2.02. The molecule has 0 rings (SSSR count). The van der Waals surface area contributed by atoms with E-state index in [2.05, 4.69) is 5.32 Å². The molecule has 0 saturated heterocycles. The van der Waals surface area contributed by atoms with E-state index >= 15 is 0 Å². The summed E-state index contributed by atoms with van der Waals surface area (Å²) in [6.07, 6.45) is 0.162. The highest BCUT2D eigenvalue weighted by molar-refractivity contribution is 5.83. The van der Waals surface area contributed by atoms with Gasteiger partial charge in [-0.15, -0.1) is 0 Å². The predicted octanol–water partition coefficient (Wildman–Crippen LogP) is -0.0509. The Balaban J connectivity index is 3.93. The summed E-state index contributed by atoms with van der Waals surface area (Å²) in [4.78, 5) is 21.6. The Morgan fingerprint density at radius 1 is 1.36 bits per heavy atom. The molecule has 5 nitrogen and oxygen atoms in total. The topological polar surface area (TPSA) is 92.4 Å². The predicted molar refractivity (Wildman–Crippen MR) is 52.7 cm³/mol. The van der Waals surface area contributed by atoms with Gasteiger partial charge in [-0.25, -0.2) is 0 Å². The largest absolute Gasteiger partial charge is 0.480 e. The van der Waals surface area contributed by atoms with Gasteiger partial charge in [-0.2, -0.15) is 0 Å². The molecule has 14 heavy (non-hydrogen) atoms. The molecule has 0 bridgehead atoms. The Morgan fingerprint density at radius 2 is 1.86 bits per heavy atom. The van der Waals surface area contributed by atoms with Crippen molar-refractivity contribution in [2.24, 2.45) is 11.7 Å². The second-order valence-corrected chi connectivity index (χ2v) is 3.74. The van der Waals surface area contributed by atoms with Gasteiger partial charge in [0.15, 0.2) is 0 Å². The maximum Gasteiger partial charge on any atom is 0.325 e. The highest BCUT2D eigenvalue weighted by atomic mass is 16.4. The monoisotopic (exact) mass is 202 g/mol. The first kappa shape index (κ1) is 12.9. The summed E-state index contributed by atoms with van der Waals surface area (Å²) in [5.74, 6) is -1.15. The molecule has 0 radical (unpaired) electrons. The Labute approximate surface area is 83.7 Å². The molecular weight excluding hydrogens is 184 g/mol. The van der Waals surface area contributed by atoms with Gasteiger partial charge in [0.25, 0.3) is 0 Å². The molecule has 0 heterocycles. The summed E-state index contributed by atoms with van der Waals surface area (Å²) in [6, 6.07) is -1.09. The van der Waals surface area contributed by atoms with E-state index in [1.807, 2.05) is 13.8 Å². The summed E-state index contributed by atoms with van der Waals surface area (Å²) in [5, 5.41) is 10.9. The molecule has 2 atom stereocenters. The fraction of sp³-hybridized carbons (Fsp3) is 0.778. The zero-order chi connectivity index (χ0) is 11.3. The van der Waals surface area contributed by atoms with Crippen LogP contribution in [0.15, 0.2) is 0 Å². The van der Waals surface area contributed by atoms with Crippen molar-refractivity contribution in [3.8, 4) is 0 Å². The van der Waals surface area contributed by atoms with Crippen LogP contribution in [0.1, 0.15) is 27.2 Å². The summed E-state index contributed by atoms with van der Waals surface area (Å²) in [5.41, 5.74) is 5.66. The third-order valence-electron chi connectivity index (χ3n) is 2.03. The Bertz CT molecular complexity index is 216. The average Bonchev–Trinajstić information content (AvgIpc) is 2.03. The molecule has 0 spiro atoms. The van der Waals surface area contributed by atoms with Crippen molar-refractivity contribution in [1.82, 2.24) is 5.32 Å². The number of rotatable bonds is 5. The molecule has 0 saturated carbocycles. The van der Waals surface area contributed by atoms with Crippen LogP contribution in [0.3, 0.4) is 0 Å². The van der Waals surface area contributed by atoms with E-state index in [0.717, 1.165) is 0 Å². The van der Waals surface area contributed by atoms with Gasteiger partial charge in [0.2, 0.25) is 5.91 Å². The number of amides is 1. The Kier molecular flexibility index (Phi) is 5.15. The lowest BCUT2D eigenvalue weighted by Crippen LogP contribution is -2.42. The van der Waals surface area contributed by atoms with Crippen molar-refractivity contribution >= 4 is 11.9 Å². The third kappa shape index (κ3) is 4.81. The Hall–Kier alpha value is -1.10. The lowest BCUT2D eigenvalue weighted by atomic mass is 10.0. The fourth-order valence-electron chi connectivity index (χ4n) is 0.812. The summed E-state index contributed by atoms with van der Waals surface area (Å²) in [7, 11) is 0. The van der Waals surface area contributed by atoms with Crippen LogP contribution in [0.25, 0.3) is 0 Å². The number of hydrogen-bond donors (Lipinski definition) is 3. The van der Waals surface area contributed by atoms with Crippen LogP contribution in [-0.4, -0.2) is 29.1 Å². The maximum absolute atomic E-state index is 11.2. The molecule has 82 valence electrons. The second kappa shape index (κ2) is 5.59. The first-order chi connectivity index (χ1) is 6.34. The van der Waals surface area contributed by atoms with Crippen molar-refractivity contribution in [2.45, 2.75) is 39.3 Å². The molecule has 4 N–H and O–H groups in total. The van der Waals surface area contributed by atoms with Crippen LogP contribution in [0.2, 0.25) is 0 Å². The van der Waals surface area contributed by atoms with Gasteiger partial charge in [-0.3, -0.25) is 9.59 Å². The summed E-state index contributed by atoms with van der Waals surface area (Å²) >= 11 is 0. The number of hydrogen-bond acceptors (Lipinski definition) is 3. The van der Waals surface area contributed by atoms with Crippen molar-refractivity contribution in [3.63, 3.8) is 0 Å². The normalized spacial score (nSPS) is 14.9. The number of carboxylic acid groups (broad SMARTS) is 1. The lowest BCUT2D eigenvalue weighted by Gasteiger charge is -2.16. The van der Waals surface area contributed by atoms with E-state index in [9.17, 15) is 9.59 Å². The van der Waals surface area contributed by atoms with Gasteiger partial charge in [0.1, 0.15) is 6.04 Å². The van der Waals surface area contributed by atoms with E-state index in [1.54, 1.807) is 0 Å². The third-order valence-corrected chi connectivity index (χ3v) is 2.03. The summed E-state index contributed by atoms with van der Waals surface area (Å²) in [6.45, 7) is 5.25. The molecule has 0 aromatic rings. The van der Waals surface area contributed by atoms with Crippen LogP contribution < -0.4 is 11.1 Å². The quantitative estimate of drug-likeness (QED) is 0.582. The molecule has 0 aliphatic heterocycles. The fourth-order valence-corrected chi connectivity index (χ4v) is 0.812. The van der Waals surface area contributed by atoms with Gasteiger partial charge in [-0.1, -0.05) is 13.8 Å². The molecule has 0 fully saturated rings. The van der Waals surface area contributed by atoms with Crippen molar-refractivity contribution in [3.05, 3.63) is 0 Å². The lowest BCUT2D eigenvalue weighted by molar-refractivity contribution is -0.141. The van der Waals surface area contributed by atoms with E-state index in [0.29, 0.717) is 0 Å². The van der Waals surface area contributed by atoms with Gasteiger partial charge >= 0.3 is 5.97 Å². The SMILES string of the molecule is CC(C)C(N)CC(=O)N[C@H](C)C(=O)O. The maximum atomic E-state index is 11.2. The molecule has 5 heteroatoms. The van der Waals surface area contributed by atoms with Gasteiger partial charge in [-0.05, 0) is 12.8 Å². The Morgan fingerprint density at radius 3 is 2.21 bits per heavy atom. The van der Waals surface area contributed by atoms with Crippen LogP contribution >= 0.6 is 0 Å². The minimum absolute atomic E-state index is 0.162. The number of nitrogens with two attached hydrogens (primary N) is 1. The molecule has 1 unspecified atom stereocenters. The van der Waals surface area contributed by atoms with Crippen molar-refractivity contribution < 1.29 is 14.7 Å². The minimum Gasteiger partial charge on any atom is -0.480 e. The molecule has 0 aliphatic rings. The first-order valence-corrected chi connectivity index (χ1v) is 4.62. The van der Waals surface area contributed by atoms with Crippen LogP contribution in [0.4, 0.5) is 0 Å². The number of nitrogens with one attached hydrogen (secondary N) is 1. The standard InChI is InChI=1S/C9H18N2O3/c1-5(2)7(10)4-8(12)11-6(3)9(13)14/h5-7H,4,10H2,1-3H3,(H,11,12)(H,13,14)/t6-,7?/m1/s1. The zero-order valence-electron chi connectivity index (χ0n) is 8.78. The van der Waals surface area contributed by atoms with Gasteiger partial charge in [0, 0.05) is 12.5 Å². The molecule has 1 amide bonds. The van der Waals surface area contributed by atoms with E-state index < -0.39 is 12.0 Å². The van der Waals surface area contributed by atoms with Crippen LogP contribution in [0.5, 0.6) is 0 Å². The number of carbonyl (C=O) groups excluding carboxylic acids is 1. The van der Waals surface area contributed by atoms with Gasteiger partial charge < -0.3 is 16.2 Å². The van der Waals surface area contributed by atoms with E-state index in [4.69, 9.17) is 10.8 Å². The average molecular weight is 202 g/mol.